The smallest absolute Gasteiger partial charge is 0.223 e. The third-order valence-electron chi connectivity index (χ3n) is 11.9. The molecule has 0 spiro atoms. The summed E-state index contributed by atoms with van der Waals surface area (Å²) in [6.07, 6.45) is 4.59. The average molecular weight is 828 g/mol. The van der Waals surface area contributed by atoms with Gasteiger partial charge < -0.3 is 28.4 Å². The van der Waals surface area contributed by atoms with Crippen LogP contribution in [0.3, 0.4) is 0 Å². The summed E-state index contributed by atoms with van der Waals surface area (Å²) in [5, 5.41) is 0. The molecule has 316 valence electrons. The molecule has 7 aromatic rings. The summed E-state index contributed by atoms with van der Waals surface area (Å²) in [6.45, 7) is 2.94. The number of methoxy groups -OCH3 is 3. The van der Waals surface area contributed by atoms with E-state index in [4.69, 9.17) is 18.6 Å². The molecule has 6 aromatic carbocycles. The largest absolute Gasteiger partial charge is 0.496 e. The number of likely N-dealkylation sites (tertiary alicyclic amines) is 2. The van der Waals surface area contributed by atoms with Crippen LogP contribution in [0, 0.1) is 6.92 Å². The Balaban J connectivity index is 0.000000171. The minimum Gasteiger partial charge on any atom is -0.496 e. The molecule has 2 amide bonds. The van der Waals surface area contributed by atoms with E-state index in [-0.39, 0.29) is 23.9 Å². The summed E-state index contributed by atoms with van der Waals surface area (Å²) in [5.41, 5.74) is 10.2. The first kappa shape index (κ1) is 41.8. The third-order valence-corrected chi connectivity index (χ3v) is 11.9. The van der Waals surface area contributed by atoms with Crippen LogP contribution < -0.4 is 14.2 Å². The maximum absolute atomic E-state index is 13.1. The molecule has 62 heavy (non-hydrogen) atoms. The highest BCUT2D eigenvalue weighted by Gasteiger charge is 2.35. The fourth-order valence-corrected chi connectivity index (χ4v) is 9.00. The normalized spacial score (nSPS) is 16.5. The summed E-state index contributed by atoms with van der Waals surface area (Å²) < 4.78 is 22.9. The van der Waals surface area contributed by atoms with Crippen molar-refractivity contribution in [3.05, 3.63) is 168 Å². The number of carbonyl (C=O) groups excluding carboxylic acids is 2. The standard InChI is InChI=1S/C27H26N2O3.C26H27NO3/c1-18-28-22-14-15-24(31-2)26(27(22)32-18)23-12-7-13-25(30)29(23)17-19-8-6-11-21(16-19)20-9-4-3-5-10-20;1-29-23-14-8-15-24(30-2)26(23)22-13-7-16-25(28)27(22)18-19-9-6-12-21(17-19)20-10-4-3-5-11-20/h3-6,8-11,14-16,23H,7,12-13,17H2,1-2H3;3-6,8-12,14-15,17,22H,7,13,16,18H2,1-2H3. The molecule has 2 aliphatic heterocycles. The molecule has 1 aromatic heterocycles. The first-order valence-electron chi connectivity index (χ1n) is 21.4. The highest BCUT2D eigenvalue weighted by molar-refractivity contribution is 5.83. The third kappa shape index (κ3) is 9.08. The molecular formula is C53H53N3O6. The number of hydrogen-bond donors (Lipinski definition) is 0. The number of ether oxygens (including phenoxy) is 3. The van der Waals surface area contributed by atoms with Gasteiger partial charge in [0.25, 0.3) is 0 Å². The lowest BCUT2D eigenvalue weighted by molar-refractivity contribution is -0.138. The average Bonchev–Trinajstić information content (AvgIpc) is 3.71. The quantitative estimate of drug-likeness (QED) is 0.128. The van der Waals surface area contributed by atoms with Crippen LogP contribution in [-0.2, 0) is 22.7 Å². The minimum atomic E-state index is -0.123. The lowest BCUT2D eigenvalue weighted by Crippen LogP contribution is -2.38. The molecule has 3 heterocycles. The summed E-state index contributed by atoms with van der Waals surface area (Å²) in [4.78, 5) is 34.5. The van der Waals surface area contributed by atoms with E-state index in [0.29, 0.717) is 37.4 Å². The van der Waals surface area contributed by atoms with Crippen LogP contribution in [0.2, 0.25) is 0 Å². The Morgan fingerprint density at radius 1 is 0.548 bits per heavy atom. The lowest BCUT2D eigenvalue weighted by Gasteiger charge is -2.37. The highest BCUT2D eigenvalue weighted by Crippen LogP contribution is 2.44. The molecule has 2 unspecified atom stereocenters. The second-order valence-corrected chi connectivity index (χ2v) is 15.8. The molecule has 0 bridgehead atoms. The van der Waals surface area contributed by atoms with Crippen LogP contribution >= 0.6 is 0 Å². The second-order valence-electron chi connectivity index (χ2n) is 15.8. The Morgan fingerprint density at radius 3 is 1.50 bits per heavy atom. The number of piperidine rings is 2. The van der Waals surface area contributed by atoms with Crippen LogP contribution in [0.4, 0.5) is 0 Å². The van der Waals surface area contributed by atoms with Gasteiger partial charge in [-0.05, 0) is 95.5 Å². The van der Waals surface area contributed by atoms with Crippen LogP contribution in [-0.4, -0.2) is 47.9 Å². The molecule has 2 aliphatic rings. The van der Waals surface area contributed by atoms with Gasteiger partial charge in [0.2, 0.25) is 11.8 Å². The van der Waals surface area contributed by atoms with Crippen molar-refractivity contribution in [1.82, 2.24) is 14.8 Å². The van der Waals surface area contributed by atoms with Crippen LogP contribution in [0.25, 0.3) is 33.4 Å². The van der Waals surface area contributed by atoms with Gasteiger partial charge >= 0.3 is 0 Å². The maximum atomic E-state index is 13.1. The number of oxazole rings is 1. The van der Waals surface area contributed by atoms with Gasteiger partial charge in [-0.25, -0.2) is 4.98 Å². The number of aryl methyl sites for hydroxylation is 1. The van der Waals surface area contributed by atoms with Crippen molar-refractivity contribution in [2.24, 2.45) is 0 Å². The van der Waals surface area contributed by atoms with E-state index in [1.807, 2.05) is 83.5 Å². The molecular weight excluding hydrogens is 775 g/mol. The first-order valence-corrected chi connectivity index (χ1v) is 21.4. The van der Waals surface area contributed by atoms with E-state index in [1.54, 1.807) is 21.3 Å². The monoisotopic (exact) mass is 827 g/mol. The van der Waals surface area contributed by atoms with Gasteiger partial charge in [-0.2, -0.15) is 0 Å². The number of benzene rings is 6. The van der Waals surface area contributed by atoms with Crippen LogP contribution in [0.5, 0.6) is 17.2 Å². The molecule has 9 rings (SSSR count). The predicted octanol–water partition coefficient (Wildman–Crippen LogP) is 11.7. The number of aromatic nitrogens is 1. The molecule has 2 atom stereocenters. The second kappa shape index (κ2) is 19.2. The Bertz CT molecular complexity index is 2620. The zero-order valence-electron chi connectivity index (χ0n) is 35.9. The van der Waals surface area contributed by atoms with E-state index in [0.717, 1.165) is 81.8 Å². The van der Waals surface area contributed by atoms with E-state index >= 15 is 0 Å². The summed E-state index contributed by atoms with van der Waals surface area (Å²) >= 11 is 0. The van der Waals surface area contributed by atoms with Gasteiger partial charge in [-0.3, -0.25) is 9.59 Å². The van der Waals surface area contributed by atoms with Gasteiger partial charge in [-0.1, -0.05) is 103 Å². The van der Waals surface area contributed by atoms with Crippen molar-refractivity contribution in [2.75, 3.05) is 21.3 Å². The van der Waals surface area contributed by atoms with Crippen molar-refractivity contribution >= 4 is 22.9 Å². The van der Waals surface area contributed by atoms with E-state index < -0.39 is 0 Å². The Hall–Kier alpha value is -6.87. The summed E-state index contributed by atoms with van der Waals surface area (Å²) in [5.74, 6) is 3.19. The zero-order chi connectivity index (χ0) is 43.0. The molecule has 9 nitrogen and oxygen atoms in total. The molecule has 0 N–H and O–H groups in total. The van der Waals surface area contributed by atoms with Gasteiger partial charge in [0, 0.05) is 32.9 Å². The van der Waals surface area contributed by atoms with Gasteiger partial charge in [-0.15, -0.1) is 0 Å². The van der Waals surface area contributed by atoms with Crippen LogP contribution in [0.15, 0.2) is 144 Å². The number of hydrogen-bond acceptors (Lipinski definition) is 7. The highest BCUT2D eigenvalue weighted by atomic mass is 16.5. The molecule has 2 fully saturated rings. The van der Waals surface area contributed by atoms with Gasteiger partial charge in [0.15, 0.2) is 11.5 Å². The van der Waals surface area contributed by atoms with E-state index in [9.17, 15) is 9.59 Å². The zero-order valence-corrected chi connectivity index (χ0v) is 35.9. The van der Waals surface area contributed by atoms with Crippen molar-refractivity contribution < 1.29 is 28.2 Å². The topological polar surface area (TPSA) is 94.3 Å². The Morgan fingerprint density at radius 2 is 1.00 bits per heavy atom. The van der Waals surface area contributed by atoms with Gasteiger partial charge in [0.1, 0.15) is 22.8 Å². The first-order chi connectivity index (χ1) is 30.3. The van der Waals surface area contributed by atoms with E-state index in [1.165, 1.54) is 11.1 Å². The summed E-state index contributed by atoms with van der Waals surface area (Å²) in [7, 11) is 4.99. The van der Waals surface area contributed by atoms with Gasteiger partial charge in [0.05, 0.1) is 44.5 Å². The van der Waals surface area contributed by atoms with Crippen LogP contribution in [0.1, 0.15) is 78.8 Å². The fraction of sp³-hybridized carbons (Fsp3) is 0.264. The number of nitrogens with zero attached hydrogens (tertiary/aromatic N) is 3. The number of carbonyl (C=O) groups is 2. The van der Waals surface area contributed by atoms with Crippen molar-refractivity contribution in [2.45, 2.75) is 70.6 Å². The Kier molecular flexibility index (Phi) is 13.0. The number of fused-ring (bicyclic) bond motifs is 1. The Labute approximate surface area is 363 Å². The van der Waals surface area contributed by atoms with Crippen molar-refractivity contribution in [1.29, 1.82) is 0 Å². The maximum Gasteiger partial charge on any atom is 0.223 e. The minimum absolute atomic E-state index is 0.0715. The molecule has 0 saturated carbocycles. The fourth-order valence-electron chi connectivity index (χ4n) is 9.00. The van der Waals surface area contributed by atoms with E-state index in [2.05, 4.69) is 77.8 Å². The molecule has 0 radical (unpaired) electrons. The van der Waals surface area contributed by atoms with Crippen molar-refractivity contribution in [3.63, 3.8) is 0 Å². The predicted molar refractivity (Wildman–Crippen MR) is 243 cm³/mol. The lowest BCUT2D eigenvalue weighted by atomic mass is 9.92. The van der Waals surface area contributed by atoms with Crippen molar-refractivity contribution in [3.8, 4) is 39.5 Å². The molecule has 9 heteroatoms. The molecule has 0 aliphatic carbocycles. The SMILES string of the molecule is COc1ccc2nc(C)oc2c1C1CCCC(=O)N1Cc1cccc(-c2ccccc2)c1.COc1cccc(OC)c1C1CCCC(=O)N1Cc1cccc(-c2ccccc2)c1. The number of amides is 2. The molecule has 2 saturated heterocycles. The number of rotatable bonds is 11. The summed E-state index contributed by atoms with van der Waals surface area (Å²) in [6, 6.07) is 46.9.